The molecule has 0 saturated heterocycles. The molecule has 1 aromatic heterocycles. The fourth-order valence-electron chi connectivity index (χ4n) is 2.81. The number of carbonyl (C=O) groups is 1. The number of anilines is 1. The highest BCUT2D eigenvalue weighted by atomic mass is 35.5. The lowest BCUT2D eigenvalue weighted by Gasteiger charge is -2.20. The third-order valence-corrected chi connectivity index (χ3v) is 6.61. The minimum absolute atomic E-state index is 0.0527. The van der Waals surface area contributed by atoms with Crippen LogP contribution in [0.1, 0.15) is 36.5 Å². The summed E-state index contributed by atoms with van der Waals surface area (Å²) in [5.41, 5.74) is 0.895. The average Bonchev–Trinajstić information content (AvgIpc) is 3.26. The van der Waals surface area contributed by atoms with Crippen LogP contribution in [0.2, 0.25) is 5.02 Å². The Kier molecular flexibility index (Phi) is 6.03. The van der Waals surface area contributed by atoms with Crippen molar-refractivity contribution < 1.29 is 9.53 Å². The van der Waals surface area contributed by atoms with Crippen LogP contribution in [0, 0.1) is 0 Å². The van der Waals surface area contributed by atoms with Crippen LogP contribution in [-0.4, -0.2) is 23.3 Å². The Morgan fingerprint density at radius 3 is 2.88 bits per heavy atom. The fraction of sp³-hybridized carbons (Fsp3) is 0.412. The number of nitrogens with zero attached hydrogens (tertiary/aromatic N) is 1. The molecule has 3 rings (SSSR count). The molecule has 1 atom stereocenters. The van der Waals surface area contributed by atoms with E-state index in [2.05, 4.69) is 10.3 Å². The van der Waals surface area contributed by atoms with Crippen LogP contribution in [-0.2, 0) is 4.79 Å². The molecule has 1 amide bonds. The van der Waals surface area contributed by atoms with E-state index in [1.807, 2.05) is 23.6 Å². The van der Waals surface area contributed by atoms with Crippen molar-refractivity contribution in [3.8, 4) is 5.75 Å². The molecule has 1 unspecified atom stereocenters. The maximum atomic E-state index is 12.8. The highest BCUT2D eigenvalue weighted by Crippen LogP contribution is 2.41. The summed E-state index contributed by atoms with van der Waals surface area (Å²) in [6, 6.07) is 5.56. The Morgan fingerprint density at radius 2 is 2.25 bits per heavy atom. The van der Waals surface area contributed by atoms with Gasteiger partial charge in [-0.15, -0.1) is 23.1 Å². The number of thiazole rings is 1. The molecule has 1 aliphatic carbocycles. The van der Waals surface area contributed by atoms with Crippen LogP contribution in [0.3, 0.4) is 0 Å². The highest BCUT2D eigenvalue weighted by Gasteiger charge is 2.28. The zero-order chi connectivity index (χ0) is 16.9. The zero-order valence-corrected chi connectivity index (χ0v) is 15.7. The van der Waals surface area contributed by atoms with Crippen LogP contribution in [0.4, 0.5) is 5.13 Å². The van der Waals surface area contributed by atoms with Crippen molar-refractivity contribution in [3.05, 3.63) is 40.4 Å². The third-order valence-electron chi connectivity index (χ3n) is 4.01. The molecule has 7 heteroatoms. The number of nitrogens with one attached hydrogen (secondary N) is 1. The molecule has 128 valence electrons. The van der Waals surface area contributed by atoms with Crippen molar-refractivity contribution in [2.24, 2.45) is 0 Å². The molecule has 1 aliphatic rings. The van der Waals surface area contributed by atoms with Crippen molar-refractivity contribution in [2.45, 2.75) is 36.2 Å². The molecule has 24 heavy (non-hydrogen) atoms. The smallest absolute Gasteiger partial charge is 0.243 e. The molecule has 0 aliphatic heterocycles. The van der Waals surface area contributed by atoms with Gasteiger partial charge in [0.15, 0.2) is 5.13 Å². The van der Waals surface area contributed by atoms with Crippen molar-refractivity contribution >= 4 is 45.7 Å². The van der Waals surface area contributed by atoms with Gasteiger partial charge < -0.3 is 10.1 Å². The summed E-state index contributed by atoms with van der Waals surface area (Å²) >= 11 is 9.40. The van der Waals surface area contributed by atoms with Gasteiger partial charge >= 0.3 is 0 Å². The van der Waals surface area contributed by atoms with Crippen LogP contribution in [0.15, 0.2) is 29.8 Å². The summed E-state index contributed by atoms with van der Waals surface area (Å²) < 4.78 is 5.21. The Bertz CT molecular complexity index is 688. The van der Waals surface area contributed by atoms with E-state index >= 15 is 0 Å². The molecule has 4 nitrogen and oxygen atoms in total. The van der Waals surface area contributed by atoms with Gasteiger partial charge in [0.1, 0.15) is 11.0 Å². The summed E-state index contributed by atoms with van der Waals surface area (Å²) in [5, 5.41) is 6.11. The van der Waals surface area contributed by atoms with Crippen molar-refractivity contribution in [1.29, 1.82) is 0 Å². The van der Waals surface area contributed by atoms with Gasteiger partial charge in [-0.25, -0.2) is 4.98 Å². The first-order valence-corrected chi connectivity index (χ1v) is 10.1. The lowest BCUT2D eigenvalue weighted by molar-refractivity contribution is -0.115. The molecular weight excluding hydrogens is 364 g/mol. The number of hydrogen-bond donors (Lipinski definition) is 1. The molecular formula is C17H19ClN2O2S2. The number of methoxy groups -OCH3 is 1. The molecule has 1 saturated carbocycles. The molecule has 1 fully saturated rings. The summed E-state index contributed by atoms with van der Waals surface area (Å²) in [6.07, 6.45) is 6.48. The average molecular weight is 383 g/mol. The van der Waals surface area contributed by atoms with E-state index in [-0.39, 0.29) is 11.2 Å². The standard InChI is InChI=1S/C17H19ClN2O2S2/c1-22-14-7-6-11(10-13(14)18)15(24-12-4-2-3-5-12)16(21)20-17-19-8-9-23-17/h6-10,12,15H,2-5H2,1H3,(H,19,20,21). The van der Waals surface area contributed by atoms with Crippen LogP contribution < -0.4 is 10.1 Å². The number of thioether (sulfide) groups is 1. The van der Waals surface area contributed by atoms with Crippen LogP contribution in [0.5, 0.6) is 5.75 Å². The SMILES string of the molecule is COc1ccc(C(SC2CCCC2)C(=O)Nc2nccs2)cc1Cl. The van der Waals surface area contributed by atoms with E-state index < -0.39 is 0 Å². The Hall–Kier alpha value is -1.24. The van der Waals surface area contributed by atoms with Gasteiger partial charge in [0.05, 0.1) is 12.1 Å². The second-order valence-electron chi connectivity index (χ2n) is 5.64. The molecule has 1 N–H and O–H groups in total. The summed E-state index contributed by atoms with van der Waals surface area (Å²) in [6.45, 7) is 0. The van der Waals surface area contributed by atoms with E-state index in [1.54, 1.807) is 25.1 Å². The number of hydrogen-bond acceptors (Lipinski definition) is 5. The van der Waals surface area contributed by atoms with E-state index in [4.69, 9.17) is 16.3 Å². The third kappa shape index (κ3) is 4.23. The topological polar surface area (TPSA) is 51.2 Å². The predicted octanol–water partition coefficient (Wildman–Crippen LogP) is 5.16. The lowest BCUT2D eigenvalue weighted by Crippen LogP contribution is -2.20. The van der Waals surface area contributed by atoms with Crippen molar-refractivity contribution in [3.63, 3.8) is 0 Å². The molecule has 2 aromatic rings. The zero-order valence-electron chi connectivity index (χ0n) is 13.3. The number of carbonyl (C=O) groups excluding carboxylic acids is 1. The van der Waals surface area contributed by atoms with Crippen LogP contribution in [0.25, 0.3) is 0 Å². The van der Waals surface area contributed by atoms with Crippen molar-refractivity contribution in [1.82, 2.24) is 4.98 Å². The van der Waals surface area contributed by atoms with Crippen molar-refractivity contribution in [2.75, 3.05) is 12.4 Å². The normalized spacial score (nSPS) is 16.1. The van der Waals surface area contributed by atoms with Gasteiger partial charge in [0.25, 0.3) is 0 Å². The largest absolute Gasteiger partial charge is 0.495 e. The molecule has 0 bridgehead atoms. The van der Waals surface area contributed by atoms with Gasteiger partial charge in [-0.2, -0.15) is 0 Å². The summed E-state index contributed by atoms with van der Waals surface area (Å²) in [4.78, 5) is 17.0. The molecule has 0 spiro atoms. The molecule has 1 aromatic carbocycles. The number of aromatic nitrogens is 1. The Labute approximate surface area is 155 Å². The summed E-state index contributed by atoms with van der Waals surface area (Å²) in [5.74, 6) is 0.563. The highest BCUT2D eigenvalue weighted by molar-refractivity contribution is 8.00. The Balaban J connectivity index is 1.82. The first kappa shape index (κ1) is 17.6. The van der Waals surface area contributed by atoms with Crippen LogP contribution >= 0.6 is 34.7 Å². The van der Waals surface area contributed by atoms with E-state index in [0.717, 1.165) is 18.4 Å². The maximum Gasteiger partial charge on any atom is 0.243 e. The lowest BCUT2D eigenvalue weighted by atomic mass is 10.1. The first-order chi connectivity index (χ1) is 11.7. The predicted molar refractivity (Wildman–Crippen MR) is 101 cm³/mol. The molecule has 1 heterocycles. The second-order valence-corrected chi connectivity index (χ2v) is 8.36. The minimum atomic E-state index is -0.305. The van der Waals surface area contributed by atoms with Gasteiger partial charge in [0, 0.05) is 16.8 Å². The van der Waals surface area contributed by atoms with E-state index in [1.165, 1.54) is 24.2 Å². The number of benzene rings is 1. The monoisotopic (exact) mass is 382 g/mol. The first-order valence-electron chi connectivity index (χ1n) is 7.86. The van der Waals surface area contributed by atoms with E-state index in [0.29, 0.717) is 21.2 Å². The maximum absolute atomic E-state index is 12.8. The number of ether oxygens (including phenoxy) is 1. The fourth-order valence-corrected chi connectivity index (χ4v) is 5.09. The van der Waals surface area contributed by atoms with Gasteiger partial charge in [-0.3, -0.25) is 4.79 Å². The van der Waals surface area contributed by atoms with Gasteiger partial charge in [-0.1, -0.05) is 30.5 Å². The summed E-state index contributed by atoms with van der Waals surface area (Å²) in [7, 11) is 1.58. The second kappa shape index (κ2) is 8.23. The number of rotatable bonds is 6. The number of amides is 1. The quantitative estimate of drug-likeness (QED) is 0.749. The Morgan fingerprint density at radius 1 is 1.46 bits per heavy atom. The van der Waals surface area contributed by atoms with Gasteiger partial charge in [0.2, 0.25) is 5.91 Å². The minimum Gasteiger partial charge on any atom is -0.495 e. The van der Waals surface area contributed by atoms with E-state index in [9.17, 15) is 4.79 Å². The van der Waals surface area contributed by atoms with Gasteiger partial charge in [-0.05, 0) is 30.5 Å². The molecule has 0 radical (unpaired) electrons. The number of halogens is 1.